The van der Waals surface area contributed by atoms with Gasteiger partial charge >= 0.3 is 12.1 Å². The first kappa shape index (κ1) is 33.8. The molecule has 15 heteroatoms. The summed E-state index contributed by atoms with van der Waals surface area (Å²) >= 11 is 4.16. The molecule has 5 rings (SSSR count). The number of esters is 1. The minimum absolute atomic E-state index is 0.0119. The molecule has 246 valence electrons. The predicted molar refractivity (Wildman–Crippen MR) is 196 cm³/mol. The third-order valence-corrected chi connectivity index (χ3v) is 11.3. The van der Waals surface area contributed by atoms with Crippen molar-refractivity contribution in [1.82, 2.24) is 14.9 Å². The summed E-state index contributed by atoms with van der Waals surface area (Å²) in [4.78, 5) is 56.8. The zero-order valence-corrected chi connectivity index (χ0v) is 31.0. The summed E-state index contributed by atoms with van der Waals surface area (Å²) in [5.74, 6) is -0.245. The summed E-state index contributed by atoms with van der Waals surface area (Å²) in [5, 5.41) is 3.78. The van der Waals surface area contributed by atoms with E-state index in [2.05, 4.69) is 50.5 Å². The van der Waals surface area contributed by atoms with E-state index in [1.165, 1.54) is 21.6 Å². The summed E-state index contributed by atoms with van der Waals surface area (Å²) in [6.45, 7) is 2.29. The Morgan fingerprint density at radius 3 is 2.83 bits per heavy atom. The van der Waals surface area contributed by atoms with Gasteiger partial charge in [0.15, 0.2) is 0 Å². The van der Waals surface area contributed by atoms with E-state index < -0.39 is 25.7 Å². The van der Waals surface area contributed by atoms with Gasteiger partial charge in [0.25, 0.3) is 5.56 Å². The third kappa shape index (κ3) is 7.79. The van der Waals surface area contributed by atoms with Crippen LogP contribution in [0.4, 0.5) is 4.79 Å². The Kier molecular flexibility index (Phi) is 11.7. The number of nitrogens with one attached hydrogen (secondary N) is 1. The molecule has 0 saturated carbocycles. The summed E-state index contributed by atoms with van der Waals surface area (Å²) < 4.78 is 25.3. The van der Waals surface area contributed by atoms with E-state index in [0.29, 0.717) is 36.0 Å². The van der Waals surface area contributed by atoms with Crippen LogP contribution in [0.25, 0.3) is 22.3 Å². The molecule has 1 aromatic carbocycles. The van der Waals surface area contributed by atoms with Gasteiger partial charge in [-0.25, -0.2) is 14.6 Å². The van der Waals surface area contributed by atoms with E-state index in [1.807, 2.05) is 30.3 Å². The number of amides is 1. The van der Waals surface area contributed by atoms with Crippen LogP contribution in [0.5, 0.6) is 0 Å². The number of fused-ring (bicyclic) bond motifs is 5. The smallest absolute Gasteiger partial charge is 0.457 e. The van der Waals surface area contributed by atoms with E-state index in [-0.39, 0.29) is 42.2 Å². The van der Waals surface area contributed by atoms with E-state index in [0.717, 1.165) is 35.7 Å². The lowest BCUT2D eigenvalue weighted by Gasteiger charge is -2.35. The average Bonchev–Trinajstić information content (AvgIpc) is 3.39. The number of carbonyl (C=O) groups excluding carboxylic acids is 3. The fraction of sp³-hybridized carbons (Fsp3) is 0.452. The number of halogens is 2. The zero-order chi connectivity index (χ0) is 33.8. The molecular weight excluding hydrogens is 858 g/mol. The molecule has 11 nitrogen and oxygen atoms in total. The molecule has 46 heavy (non-hydrogen) atoms. The first-order chi connectivity index (χ1) is 22.4. The second kappa shape index (κ2) is 15.9. The number of alkyl halides is 2. The SMILES string of the molecule is [3H]C(I)(I)CCCCNC(=O)[C@H](N)CSSCCOC(=O)O[C@]1(CC)C(=O)OCc2c1cc1n(c2=O)Cc2cc3ccccc3nc2-1. The predicted octanol–water partition coefficient (Wildman–Crippen LogP) is 5.43. The Hall–Kier alpha value is -2.09. The highest BCUT2D eigenvalue weighted by atomic mass is 127. The standard InChI is InChI=1S/C31H34I2N4O7S2/c1-2-31(44-30(41)42-11-12-45-46-17-22(34)27(38)35-10-6-5-9-25(32)33)21-14-24-26-19(13-18-7-3-4-8-23(18)36-26)15-37(24)28(39)20(21)16-43-29(31)40/h3-4,7-8,13-14,22,25H,2,5-6,9-12,15-17,34H2,1H3,(H,35,38)/t22-,31+/m1/s1/i25T. The van der Waals surface area contributed by atoms with Gasteiger partial charge in [-0.1, -0.05) is 91.9 Å². The van der Waals surface area contributed by atoms with Crippen molar-refractivity contribution >= 4 is 95.7 Å². The van der Waals surface area contributed by atoms with Gasteiger partial charge in [-0.05, 0) is 43.9 Å². The van der Waals surface area contributed by atoms with Crippen molar-refractivity contribution in [2.45, 2.75) is 59.3 Å². The molecule has 0 saturated heterocycles. The van der Waals surface area contributed by atoms with Crippen molar-refractivity contribution in [2.75, 3.05) is 24.7 Å². The molecule has 2 aliphatic heterocycles. The Morgan fingerprint density at radius 2 is 2.04 bits per heavy atom. The lowest BCUT2D eigenvalue weighted by molar-refractivity contribution is -0.175. The first-order valence-electron chi connectivity index (χ1n) is 15.3. The highest BCUT2D eigenvalue weighted by Crippen LogP contribution is 2.41. The van der Waals surface area contributed by atoms with Crippen molar-refractivity contribution in [3.8, 4) is 11.4 Å². The summed E-state index contributed by atoms with van der Waals surface area (Å²) in [5.41, 5.74) is 7.21. The fourth-order valence-electron chi connectivity index (χ4n) is 5.40. The van der Waals surface area contributed by atoms with Crippen molar-refractivity contribution in [1.29, 1.82) is 0 Å². The monoisotopic (exact) mass is 894 g/mol. The number of hydrogen-bond acceptors (Lipinski definition) is 11. The molecule has 0 fully saturated rings. The second-order valence-corrected chi connectivity index (χ2v) is 18.1. The van der Waals surface area contributed by atoms with Gasteiger partial charge in [0.05, 0.1) is 38.3 Å². The molecule has 0 spiro atoms. The number of nitrogens with two attached hydrogens (primary N) is 1. The number of unbranched alkanes of at least 4 members (excludes halogenated alkanes) is 1. The van der Waals surface area contributed by atoms with Crippen molar-refractivity contribution in [3.05, 3.63) is 63.4 Å². The fourth-order valence-corrected chi connectivity index (χ4v) is 8.11. The second-order valence-electron chi connectivity index (χ2n) is 10.8. The number of carbonyl (C=O) groups is 3. The van der Waals surface area contributed by atoms with E-state index in [9.17, 15) is 19.2 Å². The normalized spacial score (nSPS) is 17.7. The van der Waals surface area contributed by atoms with Crippen LogP contribution in [0.2, 0.25) is 0 Å². The van der Waals surface area contributed by atoms with Crippen molar-refractivity contribution in [2.24, 2.45) is 5.73 Å². The van der Waals surface area contributed by atoms with Gasteiger partial charge in [0.2, 0.25) is 11.5 Å². The molecule has 3 N–H and O–H groups in total. The molecule has 0 radical (unpaired) electrons. The number of nitrogens with zero attached hydrogens (tertiary/aromatic N) is 2. The molecule has 2 aromatic heterocycles. The molecule has 0 unspecified atom stereocenters. The average molecular weight is 895 g/mol. The summed E-state index contributed by atoms with van der Waals surface area (Å²) in [6.07, 6.45) is 1.33. The van der Waals surface area contributed by atoms with Crippen LogP contribution in [-0.4, -0.2) is 60.2 Å². The summed E-state index contributed by atoms with van der Waals surface area (Å²) in [7, 11) is 2.77. The lowest BCUT2D eigenvalue weighted by Crippen LogP contribution is -2.47. The van der Waals surface area contributed by atoms with Crippen LogP contribution >= 0.6 is 66.8 Å². The van der Waals surface area contributed by atoms with Crippen LogP contribution in [0.1, 0.15) is 50.7 Å². The molecule has 3 aromatic rings. The number of cyclic esters (lactones) is 1. The highest BCUT2D eigenvalue weighted by Gasteiger charge is 2.51. The molecule has 2 atom stereocenters. The van der Waals surface area contributed by atoms with Crippen LogP contribution in [0.3, 0.4) is 0 Å². The minimum Gasteiger partial charge on any atom is -0.457 e. The topological polar surface area (TPSA) is 152 Å². The summed E-state index contributed by atoms with van der Waals surface area (Å²) in [6, 6.07) is 10.7. The van der Waals surface area contributed by atoms with Crippen LogP contribution in [0.15, 0.2) is 41.2 Å². The van der Waals surface area contributed by atoms with Gasteiger partial charge < -0.3 is 29.8 Å². The Balaban J connectivity index is 1.16. The molecule has 0 aliphatic carbocycles. The van der Waals surface area contributed by atoms with E-state index >= 15 is 0 Å². The van der Waals surface area contributed by atoms with Crippen molar-refractivity contribution in [3.63, 3.8) is 0 Å². The van der Waals surface area contributed by atoms with E-state index in [1.54, 1.807) is 17.6 Å². The number of para-hydroxylation sites is 1. The highest BCUT2D eigenvalue weighted by molar-refractivity contribution is 14.2. The zero-order valence-electron chi connectivity index (χ0n) is 26.0. The van der Waals surface area contributed by atoms with Gasteiger partial charge in [-0.3, -0.25) is 9.59 Å². The molecule has 0 bridgehead atoms. The number of hydrogen-bond donors (Lipinski definition) is 2. The van der Waals surface area contributed by atoms with Crippen LogP contribution < -0.4 is 16.6 Å². The number of rotatable bonds is 14. The van der Waals surface area contributed by atoms with Gasteiger partial charge in [-0.2, -0.15) is 0 Å². The molecule has 4 heterocycles. The lowest BCUT2D eigenvalue weighted by atomic mass is 9.85. The van der Waals surface area contributed by atoms with Crippen LogP contribution in [0, 0.1) is 0 Å². The molecule has 1 amide bonds. The van der Waals surface area contributed by atoms with Gasteiger partial charge in [-0.15, -0.1) is 0 Å². The number of aromatic nitrogens is 2. The Morgan fingerprint density at radius 1 is 1.24 bits per heavy atom. The Labute approximate surface area is 302 Å². The maximum atomic E-state index is 13.7. The number of pyridine rings is 2. The van der Waals surface area contributed by atoms with Gasteiger partial charge in [0.1, 0.15) is 13.2 Å². The van der Waals surface area contributed by atoms with E-state index in [4.69, 9.17) is 26.3 Å². The van der Waals surface area contributed by atoms with Crippen LogP contribution in [-0.2, 0) is 42.6 Å². The van der Waals surface area contributed by atoms with Gasteiger partial charge in [0, 0.05) is 34.6 Å². The minimum atomic E-state index is -1.85. The number of benzene rings is 1. The quantitative estimate of drug-likeness (QED) is 0.0549. The first-order valence-corrected chi connectivity index (χ1v) is 19.4. The third-order valence-electron chi connectivity index (χ3n) is 7.79. The number of ether oxygens (including phenoxy) is 3. The maximum absolute atomic E-state index is 13.7. The molecular formula is C31H34I2N4O7S2. The Bertz CT molecular complexity index is 1740. The maximum Gasteiger partial charge on any atom is 0.509 e. The molecule has 2 aliphatic rings. The largest absolute Gasteiger partial charge is 0.509 e. The van der Waals surface area contributed by atoms with Crippen molar-refractivity contribution < 1.29 is 30.0 Å².